The van der Waals surface area contributed by atoms with Gasteiger partial charge in [-0.25, -0.2) is 4.98 Å². The van der Waals surface area contributed by atoms with Crippen LogP contribution in [-0.4, -0.2) is 15.5 Å². The first-order valence-corrected chi connectivity index (χ1v) is 8.97. The molecule has 7 heteroatoms. The lowest BCUT2D eigenvalue weighted by Crippen LogP contribution is -2.26. The number of carbonyl (C=O) groups is 1. The first kappa shape index (κ1) is 17.6. The molecule has 0 aliphatic carbocycles. The monoisotopic (exact) mass is 376 g/mol. The highest BCUT2D eigenvalue weighted by molar-refractivity contribution is 7.18. The van der Waals surface area contributed by atoms with Crippen LogP contribution in [0, 0.1) is 13.8 Å². The number of hydrogen-bond acceptors (Lipinski definition) is 5. The molecule has 0 unspecified atom stereocenters. The van der Waals surface area contributed by atoms with Gasteiger partial charge < -0.3 is 4.74 Å². The maximum atomic E-state index is 12.6. The third-order valence-corrected chi connectivity index (χ3v) is 5.57. The van der Waals surface area contributed by atoms with Gasteiger partial charge in [-0.3, -0.25) is 14.2 Å². The van der Waals surface area contributed by atoms with Crippen LogP contribution < -0.4 is 5.56 Å². The molecule has 0 saturated heterocycles. The number of aromatic nitrogens is 2. The number of aryl methyl sites for hydroxylation is 2. The van der Waals surface area contributed by atoms with E-state index in [-0.39, 0.29) is 12.1 Å². The molecular formula is C18H17ClN2O3S. The number of esters is 1. The Bertz CT molecular complexity index is 1010. The number of hydrogen-bond donors (Lipinski definition) is 0. The Balaban J connectivity index is 1.81. The van der Waals surface area contributed by atoms with Gasteiger partial charge in [0.05, 0.1) is 11.7 Å². The average molecular weight is 377 g/mol. The van der Waals surface area contributed by atoms with E-state index in [0.717, 1.165) is 16.0 Å². The zero-order valence-corrected chi connectivity index (χ0v) is 15.6. The third-order valence-electron chi connectivity index (χ3n) is 4.11. The Morgan fingerprint density at radius 3 is 2.80 bits per heavy atom. The Morgan fingerprint density at radius 2 is 2.08 bits per heavy atom. The molecule has 0 spiro atoms. The number of rotatable bonds is 4. The highest BCUT2D eigenvalue weighted by Gasteiger charge is 2.17. The molecule has 1 atom stereocenters. The number of carbonyl (C=O) groups excluding carboxylic acids is 1. The van der Waals surface area contributed by atoms with Gasteiger partial charge in [0, 0.05) is 15.5 Å². The molecule has 0 aliphatic rings. The van der Waals surface area contributed by atoms with E-state index in [1.165, 1.54) is 22.2 Å². The maximum absolute atomic E-state index is 12.6. The lowest BCUT2D eigenvalue weighted by Gasteiger charge is -2.15. The van der Waals surface area contributed by atoms with E-state index >= 15 is 0 Å². The second-order valence-corrected chi connectivity index (χ2v) is 7.41. The molecular weight excluding hydrogens is 360 g/mol. The maximum Gasteiger partial charge on any atom is 0.326 e. The number of ether oxygens (including phenoxy) is 1. The van der Waals surface area contributed by atoms with E-state index in [0.29, 0.717) is 15.2 Å². The van der Waals surface area contributed by atoms with Crippen LogP contribution in [-0.2, 0) is 16.1 Å². The van der Waals surface area contributed by atoms with Crippen LogP contribution in [0.2, 0.25) is 5.02 Å². The van der Waals surface area contributed by atoms with Crippen molar-refractivity contribution in [2.24, 2.45) is 0 Å². The Labute approximate surface area is 153 Å². The lowest BCUT2D eigenvalue weighted by molar-refractivity contribution is -0.149. The summed E-state index contributed by atoms with van der Waals surface area (Å²) in [4.78, 5) is 30.9. The predicted molar refractivity (Wildman–Crippen MR) is 99.3 cm³/mol. The lowest BCUT2D eigenvalue weighted by atomic mass is 10.1. The van der Waals surface area contributed by atoms with Crippen molar-refractivity contribution in [2.45, 2.75) is 33.4 Å². The molecule has 0 N–H and O–H groups in total. The summed E-state index contributed by atoms with van der Waals surface area (Å²) >= 11 is 7.59. The van der Waals surface area contributed by atoms with Crippen molar-refractivity contribution in [1.29, 1.82) is 0 Å². The van der Waals surface area contributed by atoms with Crippen LogP contribution in [0.1, 0.15) is 29.0 Å². The Hall–Kier alpha value is -2.18. The van der Waals surface area contributed by atoms with Gasteiger partial charge in [0.1, 0.15) is 17.5 Å². The molecule has 3 aromatic rings. The average Bonchev–Trinajstić information content (AvgIpc) is 2.85. The van der Waals surface area contributed by atoms with Crippen LogP contribution in [0.5, 0.6) is 0 Å². The van der Waals surface area contributed by atoms with Crippen LogP contribution in [0.25, 0.3) is 10.2 Å². The summed E-state index contributed by atoms with van der Waals surface area (Å²) in [6.45, 7) is 5.39. The molecule has 1 aromatic carbocycles. The Kier molecular flexibility index (Phi) is 4.92. The molecule has 2 aromatic heterocycles. The summed E-state index contributed by atoms with van der Waals surface area (Å²) in [6.07, 6.45) is 0.889. The standard InChI is InChI=1S/C18H17ClN2O3S/c1-10-12(3)25-17-16(10)18(23)21(9-20-17)8-15(22)24-11(2)13-6-4-5-7-14(13)19/h4-7,9,11H,8H2,1-3H3/t11-/m0/s1. The van der Waals surface area contributed by atoms with Crippen molar-refractivity contribution in [3.05, 3.63) is 62.0 Å². The SMILES string of the molecule is Cc1sc2ncn(CC(=O)O[C@@H](C)c3ccccc3Cl)c(=O)c2c1C. The molecule has 25 heavy (non-hydrogen) atoms. The second-order valence-electron chi connectivity index (χ2n) is 5.79. The van der Waals surface area contributed by atoms with E-state index in [1.54, 1.807) is 19.1 Å². The zero-order chi connectivity index (χ0) is 18.1. The van der Waals surface area contributed by atoms with E-state index in [2.05, 4.69) is 4.98 Å². The van der Waals surface area contributed by atoms with E-state index < -0.39 is 12.1 Å². The molecule has 2 heterocycles. The highest BCUT2D eigenvalue weighted by atomic mass is 35.5. The van der Waals surface area contributed by atoms with Gasteiger partial charge in [0.15, 0.2) is 0 Å². The molecule has 0 bridgehead atoms. The minimum Gasteiger partial charge on any atom is -0.456 e. The number of benzene rings is 1. The van der Waals surface area contributed by atoms with E-state index in [4.69, 9.17) is 16.3 Å². The predicted octanol–water partition coefficient (Wildman–Crippen LogP) is 4.03. The van der Waals surface area contributed by atoms with Gasteiger partial charge in [-0.15, -0.1) is 11.3 Å². The fourth-order valence-electron chi connectivity index (χ4n) is 2.62. The summed E-state index contributed by atoms with van der Waals surface area (Å²) in [6, 6.07) is 7.18. The molecule has 130 valence electrons. The fraction of sp³-hybridized carbons (Fsp3) is 0.278. The molecule has 3 rings (SSSR count). The summed E-state index contributed by atoms with van der Waals surface area (Å²) in [5.41, 5.74) is 1.40. The van der Waals surface area contributed by atoms with Crippen molar-refractivity contribution in [3.8, 4) is 0 Å². The van der Waals surface area contributed by atoms with Crippen molar-refractivity contribution < 1.29 is 9.53 Å². The minimum atomic E-state index is -0.514. The topological polar surface area (TPSA) is 61.2 Å². The van der Waals surface area contributed by atoms with Gasteiger partial charge in [0.25, 0.3) is 5.56 Å². The molecule has 0 radical (unpaired) electrons. The van der Waals surface area contributed by atoms with Gasteiger partial charge in [-0.1, -0.05) is 29.8 Å². The van der Waals surface area contributed by atoms with E-state index in [9.17, 15) is 9.59 Å². The molecule has 0 fully saturated rings. The summed E-state index contributed by atoms with van der Waals surface area (Å²) < 4.78 is 6.70. The summed E-state index contributed by atoms with van der Waals surface area (Å²) in [5.74, 6) is -0.514. The highest BCUT2D eigenvalue weighted by Crippen LogP contribution is 2.26. The van der Waals surface area contributed by atoms with Crippen LogP contribution in [0.15, 0.2) is 35.4 Å². The summed E-state index contributed by atoms with van der Waals surface area (Å²) in [5, 5.41) is 1.10. The number of fused-ring (bicyclic) bond motifs is 1. The number of halogens is 1. The van der Waals surface area contributed by atoms with Gasteiger partial charge in [0.2, 0.25) is 0 Å². The minimum absolute atomic E-state index is 0.190. The van der Waals surface area contributed by atoms with Crippen LogP contribution in [0.3, 0.4) is 0 Å². The van der Waals surface area contributed by atoms with Gasteiger partial charge in [-0.05, 0) is 32.4 Å². The van der Waals surface area contributed by atoms with Crippen LogP contribution >= 0.6 is 22.9 Å². The van der Waals surface area contributed by atoms with Gasteiger partial charge in [-0.2, -0.15) is 0 Å². The van der Waals surface area contributed by atoms with Crippen molar-refractivity contribution >= 4 is 39.1 Å². The normalized spacial score (nSPS) is 12.3. The first-order chi connectivity index (χ1) is 11.9. The first-order valence-electron chi connectivity index (χ1n) is 7.77. The van der Waals surface area contributed by atoms with Crippen molar-refractivity contribution in [2.75, 3.05) is 0 Å². The zero-order valence-electron chi connectivity index (χ0n) is 14.1. The molecule has 0 amide bonds. The fourth-order valence-corrected chi connectivity index (χ4v) is 3.90. The molecule has 0 aliphatic heterocycles. The number of nitrogens with zero attached hydrogens (tertiary/aromatic N) is 2. The van der Waals surface area contributed by atoms with Crippen molar-refractivity contribution in [3.63, 3.8) is 0 Å². The Morgan fingerprint density at radius 1 is 1.36 bits per heavy atom. The third kappa shape index (κ3) is 3.45. The number of thiophene rings is 1. The quantitative estimate of drug-likeness (QED) is 0.645. The van der Waals surface area contributed by atoms with Crippen molar-refractivity contribution in [1.82, 2.24) is 9.55 Å². The second kappa shape index (κ2) is 6.98. The largest absolute Gasteiger partial charge is 0.456 e. The smallest absolute Gasteiger partial charge is 0.326 e. The molecule has 0 saturated carbocycles. The van der Waals surface area contributed by atoms with Crippen LogP contribution in [0.4, 0.5) is 0 Å². The molecule has 5 nitrogen and oxygen atoms in total. The summed E-state index contributed by atoms with van der Waals surface area (Å²) in [7, 11) is 0. The van der Waals surface area contributed by atoms with Gasteiger partial charge >= 0.3 is 5.97 Å². The van der Waals surface area contributed by atoms with E-state index in [1.807, 2.05) is 26.0 Å².